The topological polar surface area (TPSA) is 38.0 Å². The highest BCUT2D eigenvalue weighted by Crippen LogP contribution is 2.16. The Morgan fingerprint density at radius 1 is 0.923 bits per heavy atom. The van der Waals surface area contributed by atoms with E-state index >= 15 is 0 Å². The molecule has 13 heavy (non-hydrogen) atoms. The molecule has 1 saturated carbocycles. The Balaban J connectivity index is 2.32. The average Bonchev–Trinajstić information content (AvgIpc) is 2.16. The van der Waals surface area contributed by atoms with E-state index in [2.05, 4.69) is 14.5 Å². The third-order valence-electron chi connectivity index (χ3n) is 3.03. The van der Waals surface area contributed by atoms with Gasteiger partial charge in [-0.2, -0.15) is 0 Å². The second kappa shape index (κ2) is 6.75. The van der Waals surface area contributed by atoms with Crippen LogP contribution >= 0.6 is 9.39 Å². The van der Waals surface area contributed by atoms with Crippen molar-refractivity contribution in [3.8, 4) is 0 Å². The summed E-state index contributed by atoms with van der Waals surface area (Å²) < 4.78 is 0. The lowest BCUT2D eigenvalue weighted by molar-refractivity contribution is 0.398. The fourth-order valence-electron chi connectivity index (χ4n) is 2.07. The van der Waals surface area contributed by atoms with Crippen molar-refractivity contribution in [2.45, 2.75) is 63.5 Å². The van der Waals surface area contributed by atoms with Crippen LogP contribution < -0.4 is 10.8 Å². The Bertz CT molecular complexity index is 130. The molecule has 2 nitrogen and oxygen atoms in total. The minimum atomic E-state index is 0.357. The molecule has 0 heterocycles. The summed E-state index contributed by atoms with van der Waals surface area (Å²) in [4.78, 5) is 0. The highest BCUT2D eigenvalue weighted by Gasteiger charge is 2.15. The van der Waals surface area contributed by atoms with Gasteiger partial charge in [0, 0.05) is 12.1 Å². The van der Waals surface area contributed by atoms with E-state index in [0.29, 0.717) is 12.1 Å². The average molecular weight is 202 g/mol. The monoisotopic (exact) mass is 202 g/mol. The summed E-state index contributed by atoms with van der Waals surface area (Å²) in [5.41, 5.74) is 6.10. The minimum Gasteiger partial charge on any atom is -0.326 e. The zero-order valence-corrected chi connectivity index (χ0v) is 9.62. The smallest absolute Gasteiger partial charge is 0.0250 e. The fraction of sp³-hybridized carbons (Fsp3) is 1.00. The van der Waals surface area contributed by atoms with Gasteiger partial charge in [0.15, 0.2) is 0 Å². The SMILES string of the molecule is NC1CCCCCCCCC1NP. The quantitative estimate of drug-likeness (QED) is 0.640. The van der Waals surface area contributed by atoms with Crippen LogP contribution in [0.25, 0.3) is 0 Å². The Kier molecular flexibility index (Phi) is 5.93. The summed E-state index contributed by atoms with van der Waals surface area (Å²) in [6, 6.07) is 0.874. The molecule has 0 aromatic rings. The third-order valence-corrected chi connectivity index (χ3v) is 3.46. The summed E-state index contributed by atoms with van der Waals surface area (Å²) in [6.07, 6.45) is 10.7. The van der Waals surface area contributed by atoms with Crippen LogP contribution in [0, 0.1) is 0 Å². The number of nitrogens with two attached hydrogens (primary N) is 1. The van der Waals surface area contributed by atoms with Gasteiger partial charge in [0.25, 0.3) is 0 Å². The molecule has 1 fully saturated rings. The number of hydrogen-bond acceptors (Lipinski definition) is 2. The Morgan fingerprint density at radius 3 is 2.08 bits per heavy atom. The van der Waals surface area contributed by atoms with Gasteiger partial charge < -0.3 is 5.73 Å². The maximum absolute atomic E-state index is 6.10. The number of hydrogen-bond donors (Lipinski definition) is 2. The first-order chi connectivity index (χ1) is 6.34. The molecule has 0 aliphatic heterocycles. The molecule has 0 bridgehead atoms. The van der Waals surface area contributed by atoms with Crippen molar-refractivity contribution in [3.63, 3.8) is 0 Å². The summed E-state index contributed by atoms with van der Waals surface area (Å²) in [5.74, 6) is 0. The highest BCUT2D eigenvalue weighted by atomic mass is 31.0. The summed E-state index contributed by atoms with van der Waals surface area (Å²) in [5, 5.41) is 3.26. The number of rotatable bonds is 1. The molecule has 0 radical (unpaired) electrons. The molecule has 1 aliphatic carbocycles. The molecule has 1 rings (SSSR count). The zero-order chi connectivity index (χ0) is 9.52. The lowest BCUT2D eigenvalue weighted by Crippen LogP contribution is -2.41. The van der Waals surface area contributed by atoms with Crippen molar-refractivity contribution < 1.29 is 0 Å². The van der Waals surface area contributed by atoms with E-state index in [1.165, 1.54) is 51.4 Å². The van der Waals surface area contributed by atoms with Gasteiger partial charge in [0.1, 0.15) is 0 Å². The minimum absolute atomic E-state index is 0.357. The van der Waals surface area contributed by atoms with E-state index in [9.17, 15) is 0 Å². The molecule has 0 saturated heterocycles. The maximum Gasteiger partial charge on any atom is 0.0250 e. The Labute approximate surface area is 84.3 Å². The van der Waals surface area contributed by atoms with Gasteiger partial charge in [-0.05, 0) is 12.8 Å². The molecule has 3 heteroatoms. The van der Waals surface area contributed by atoms with E-state index < -0.39 is 0 Å². The first-order valence-corrected chi connectivity index (χ1v) is 6.14. The van der Waals surface area contributed by atoms with Gasteiger partial charge in [0.2, 0.25) is 0 Å². The molecule has 3 atom stereocenters. The predicted molar refractivity (Wildman–Crippen MR) is 61.5 cm³/mol. The van der Waals surface area contributed by atoms with E-state index in [0.717, 1.165) is 0 Å². The van der Waals surface area contributed by atoms with Gasteiger partial charge in [0.05, 0.1) is 0 Å². The van der Waals surface area contributed by atoms with E-state index in [4.69, 9.17) is 5.73 Å². The van der Waals surface area contributed by atoms with Gasteiger partial charge >= 0.3 is 0 Å². The molecule has 0 amide bonds. The normalized spacial score (nSPS) is 32.8. The molecular formula is C10H23N2P. The molecule has 3 unspecified atom stereocenters. The summed E-state index contributed by atoms with van der Waals surface area (Å²) in [6.45, 7) is 0. The predicted octanol–water partition coefficient (Wildman–Crippen LogP) is 2.20. The number of nitrogens with one attached hydrogen (secondary N) is 1. The van der Waals surface area contributed by atoms with Crippen LogP contribution in [0.4, 0.5) is 0 Å². The van der Waals surface area contributed by atoms with Gasteiger partial charge in [-0.15, -0.1) is 0 Å². The molecule has 0 spiro atoms. The molecule has 1 aliphatic rings. The third kappa shape index (κ3) is 4.39. The summed E-state index contributed by atoms with van der Waals surface area (Å²) in [7, 11) is 2.61. The Hall–Kier alpha value is 0.350. The molecule has 3 N–H and O–H groups in total. The van der Waals surface area contributed by atoms with Crippen molar-refractivity contribution in [2.24, 2.45) is 5.73 Å². The standard InChI is InChI=1S/C10H23N2P/c11-9-7-5-3-1-2-4-6-8-10(9)12-13/h9-10,12H,1-8,11,13H2. The maximum atomic E-state index is 6.10. The molecule has 0 aromatic heterocycles. The molecule has 0 aromatic carbocycles. The first-order valence-electron chi connectivity index (χ1n) is 5.56. The van der Waals surface area contributed by atoms with Gasteiger partial charge in [-0.1, -0.05) is 47.9 Å². The highest BCUT2D eigenvalue weighted by molar-refractivity contribution is 7.13. The van der Waals surface area contributed by atoms with Crippen LogP contribution in [0.15, 0.2) is 0 Å². The van der Waals surface area contributed by atoms with Crippen LogP contribution in [0.5, 0.6) is 0 Å². The van der Waals surface area contributed by atoms with Crippen molar-refractivity contribution in [3.05, 3.63) is 0 Å². The van der Waals surface area contributed by atoms with E-state index in [1.807, 2.05) is 0 Å². The summed E-state index contributed by atoms with van der Waals surface area (Å²) >= 11 is 0. The van der Waals surface area contributed by atoms with Crippen LogP contribution in [0.1, 0.15) is 51.4 Å². The second-order valence-electron chi connectivity index (χ2n) is 4.14. The second-order valence-corrected chi connectivity index (χ2v) is 4.47. The van der Waals surface area contributed by atoms with Crippen molar-refractivity contribution >= 4 is 9.39 Å². The first kappa shape index (κ1) is 11.4. The van der Waals surface area contributed by atoms with E-state index in [-0.39, 0.29) is 0 Å². The van der Waals surface area contributed by atoms with Crippen LogP contribution in [-0.2, 0) is 0 Å². The Morgan fingerprint density at radius 2 is 1.46 bits per heavy atom. The van der Waals surface area contributed by atoms with Crippen molar-refractivity contribution in [1.29, 1.82) is 0 Å². The van der Waals surface area contributed by atoms with Crippen LogP contribution in [0.3, 0.4) is 0 Å². The van der Waals surface area contributed by atoms with E-state index in [1.54, 1.807) is 0 Å². The van der Waals surface area contributed by atoms with Gasteiger partial charge in [-0.3, -0.25) is 5.09 Å². The van der Waals surface area contributed by atoms with Crippen molar-refractivity contribution in [2.75, 3.05) is 0 Å². The van der Waals surface area contributed by atoms with Crippen molar-refractivity contribution in [1.82, 2.24) is 5.09 Å². The molecular weight excluding hydrogens is 179 g/mol. The lowest BCUT2D eigenvalue weighted by atomic mass is 9.95. The van der Waals surface area contributed by atoms with Crippen LogP contribution in [-0.4, -0.2) is 12.1 Å². The largest absolute Gasteiger partial charge is 0.326 e. The molecule has 78 valence electrons. The zero-order valence-electron chi connectivity index (χ0n) is 8.47. The van der Waals surface area contributed by atoms with Crippen LogP contribution in [0.2, 0.25) is 0 Å². The lowest BCUT2D eigenvalue weighted by Gasteiger charge is -2.24. The van der Waals surface area contributed by atoms with Gasteiger partial charge in [-0.25, -0.2) is 0 Å². The fourth-order valence-corrected chi connectivity index (χ4v) is 2.49.